The zero-order chi connectivity index (χ0) is 14.7. The smallest absolute Gasteiger partial charge is 0.223 e. The van der Waals surface area contributed by atoms with E-state index < -0.39 is 0 Å². The second-order valence-electron chi connectivity index (χ2n) is 5.65. The molecule has 0 bridgehead atoms. The van der Waals surface area contributed by atoms with Crippen LogP contribution in [0.2, 0.25) is 0 Å². The van der Waals surface area contributed by atoms with Crippen LogP contribution in [0.5, 0.6) is 0 Å². The molecule has 1 N–H and O–H groups in total. The summed E-state index contributed by atoms with van der Waals surface area (Å²) in [6.45, 7) is 2.79. The molecule has 1 aliphatic rings. The van der Waals surface area contributed by atoms with Crippen molar-refractivity contribution in [3.05, 3.63) is 41.4 Å². The summed E-state index contributed by atoms with van der Waals surface area (Å²) in [5.74, 6) is 0.593. The lowest BCUT2D eigenvalue weighted by Gasteiger charge is -2.18. The summed E-state index contributed by atoms with van der Waals surface area (Å²) in [7, 11) is 0. The van der Waals surface area contributed by atoms with Crippen LogP contribution in [0.25, 0.3) is 10.2 Å². The van der Waals surface area contributed by atoms with Crippen LogP contribution in [-0.4, -0.2) is 17.4 Å². The van der Waals surface area contributed by atoms with Gasteiger partial charge in [0.1, 0.15) is 0 Å². The molecule has 3 rings (SSSR count). The van der Waals surface area contributed by atoms with Crippen molar-refractivity contribution < 1.29 is 4.79 Å². The molecule has 0 fully saturated rings. The summed E-state index contributed by atoms with van der Waals surface area (Å²) in [4.78, 5) is 16.8. The number of thiazole rings is 1. The van der Waals surface area contributed by atoms with Gasteiger partial charge in [0.15, 0.2) is 0 Å². The zero-order valence-corrected chi connectivity index (χ0v) is 13.0. The van der Waals surface area contributed by atoms with Crippen molar-refractivity contribution in [1.29, 1.82) is 0 Å². The van der Waals surface area contributed by atoms with E-state index in [1.165, 1.54) is 4.70 Å². The van der Waals surface area contributed by atoms with Gasteiger partial charge in [-0.1, -0.05) is 31.2 Å². The van der Waals surface area contributed by atoms with E-state index in [0.29, 0.717) is 6.54 Å². The second kappa shape index (κ2) is 6.39. The van der Waals surface area contributed by atoms with Gasteiger partial charge in [-0.2, -0.15) is 0 Å². The largest absolute Gasteiger partial charge is 0.355 e. The molecule has 2 atom stereocenters. The van der Waals surface area contributed by atoms with Crippen molar-refractivity contribution in [2.45, 2.75) is 32.1 Å². The fourth-order valence-corrected chi connectivity index (χ4v) is 3.64. The molecule has 21 heavy (non-hydrogen) atoms. The van der Waals surface area contributed by atoms with Crippen molar-refractivity contribution in [3.63, 3.8) is 0 Å². The number of nitrogens with one attached hydrogen (secondary N) is 1. The second-order valence-corrected chi connectivity index (χ2v) is 6.71. The Morgan fingerprint density at radius 3 is 3.05 bits per heavy atom. The van der Waals surface area contributed by atoms with E-state index in [9.17, 15) is 4.79 Å². The molecule has 110 valence electrons. The number of aromatic nitrogens is 1. The van der Waals surface area contributed by atoms with Gasteiger partial charge in [-0.15, -0.1) is 11.3 Å². The normalized spacial score (nSPS) is 19.6. The number of benzene rings is 1. The van der Waals surface area contributed by atoms with E-state index in [1.807, 2.05) is 18.2 Å². The first-order chi connectivity index (χ1) is 10.2. The predicted octanol–water partition coefficient (Wildman–Crippen LogP) is 3.87. The van der Waals surface area contributed by atoms with Gasteiger partial charge in [-0.25, -0.2) is 4.98 Å². The minimum Gasteiger partial charge on any atom is -0.355 e. The summed E-state index contributed by atoms with van der Waals surface area (Å²) in [6, 6.07) is 8.17. The van der Waals surface area contributed by atoms with Gasteiger partial charge >= 0.3 is 0 Å². The lowest BCUT2D eigenvalue weighted by molar-refractivity contribution is -0.125. The van der Waals surface area contributed by atoms with Crippen LogP contribution in [-0.2, 0) is 4.79 Å². The standard InChI is InChI=1S/C17H20N2OS/c1-12(11-18-16(20)13-7-3-2-4-8-13)17-19-14-9-5-6-10-15(14)21-17/h2-3,5-6,9-10,12-13H,4,7-8,11H2,1H3,(H,18,20)/t12-,13+/m1/s1. The summed E-state index contributed by atoms with van der Waals surface area (Å²) >= 11 is 1.72. The highest BCUT2D eigenvalue weighted by molar-refractivity contribution is 7.18. The number of carbonyl (C=O) groups is 1. The molecule has 0 saturated carbocycles. The highest BCUT2D eigenvalue weighted by Crippen LogP contribution is 2.27. The van der Waals surface area contributed by atoms with Crippen LogP contribution in [0.1, 0.15) is 37.1 Å². The number of nitrogens with zero attached hydrogens (tertiary/aromatic N) is 1. The third kappa shape index (κ3) is 3.32. The Bertz CT molecular complexity index is 629. The SMILES string of the molecule is C[C@H](CNC(=O)[C@H]1CC=CCC1)c1nc2ccccc2s1. The lowest BCUT2D eigenvalue weighted by atomic mass is 9.93. The van der Waals surface area contributed by atoms with Gasteiger partial charge in [0.2, 0.25) is 5.91 Å². The van der Waals surface area contributed by atoms with E-state index in [1.54, 1.807) is 11.3 Å². The highest BCUT2D eigenvalue weighted by atomic mass is 32.1. The summed E-state index contributed by atoms with van der Waals surface area (Å²) in [5.41, 5.74) is 1.05. The molecule has 0 saturated heterocycles. The van der Waals surface area contributed by atoms with Crippen LogP contribution >= 0.6 is 11.3 Å². The number of para-hydroxylation sites is 1. The third-order valence-corrected chi connectivity index (χ3v) is 5.22. The van der Waals surface area contributed by atoms with Crippen molar-refractivity contribution in [1.82, 2.24) is 10.3 Å². The maximum Gasteiger partial charge on any atom is 0.223 e. The van der Waals surface area contributed by atoms with Gasteiger partial charge in [0, 0.05) is 18.4 Å². The third-order valence-electron chi connectivity index (χ3n) is 3.95. The van der Waals surface area contributed by atoms with Crippen molar-refractivity contribution in [2.75, 3.05) is 6.54 Å². The first-order valence-corrected chi connectivity index (χ1v) is 8.34. The van der Waals surface area contributed by atoms with Gasteiger partial charge in [0.25, 0.3) is 0 Å². The predicted molar refractivity (Wildman–Crippen MR) is 87.5 cm³/mol. The molecule has 0 unspecified atom stereocenters. The number of rotatable bonds is 4. The molecule has 1 amide bonds. The van der Waals surface area contributed by atoms with E-state index in [2.05, 4.69) is 35.4 Å². The molecule has 1 heterocycles. The number of carbonyl (C=O) groups excluding carboxylic acids is 1. The highest BCUT2D eigenvalue weighted by Gasteiger charge is 2.19. The lowest BCUT2D eigenvalue weighted by Crippen LogP contribution is -2.33. The van der Waals surface area contributed by atoms with Gasteiger partial charge in [0.05, 0.1) is 15.2 Å². The van der Waals surface area contributed by atoms with Gasteiger partial charge < -0.3 is 5.32 Å². The minimum atomic E-state index is 0.151. The maximum absolute atomic E-state index is 12.1. The summed E-state index contributed by atoms with van der Waals surface area (Å²) in [6.07, 6.45) is 7.14. The van der Waals surface area contributed by atoms with E-state index in [-0.39, 0.29) is 17.7 Å². The molecular formula is C17H20N2OS. The quantitative estimate of drug-likeness (QED) is 0.871. The molecule has 1 aliphatic carbocycles. The zero-order valence-electron chi connectivity index (χ0n) is 12.2. The molecule has 0 aliphatic heterocycles. The average Bonchev–Trinajstić information content (AvgIpc) is 2.97. The van der Waals surface area contributed by atoms with Crippen molar-refractivity contribution in [3.8, 4) is 0 Å². The molecule has 0 spiro atoms. The van der Waals surface area contributed by atoms with Crippen molar-refractivity contribution >= 4 is 27.5 Å². The Hall–Kier alpha value is -1.68. The van der Waals surface area contributed by atoms with Crippen molar-refractivity contribution in [2.24, 2.45) is 5.92 Å². The van der Waals surface area contributed by atoms with E-state index in [4.69, 9.17) is 0 Å². The van der Waals surface area contributed by atoms with E-state index in [0.717, 1.165) is 29.8 Å². The first-order valence-electron chi connectivity index (χ1n) is 7.52. The van der Waals surface area contributed by atoms with Crippen LogP contribution < -0.4 is 5.32 Å². The van der Waals surface area contributed by atoms with Gasteiger partial charge in [-0.3, -0.25) is 4.79 Å². The first kappa shape index (κ1) is 14.3. The van der Waals surface area contributed by atoms with Crippen LogP contribution in [0, 0.1) is 5.92 Å². The number of allylic oxidation sites excluding steroid dienone is 2. The molecule has 3 nitrogen and oxygen atoms in total. The molecule has 1 aromatic carbocycles. The fraction of sp³-hybridized carbons (Fsp3) is 0.412. The molecule has 2 aromatic rings. The molecule has 0 radical (unpaired) electrons. The molecule has 4 heteroatoms. The Balaban J connectivity index is 1.59. The molecular weight excluding hydrogens is 280 g/mol. The Labute approximate surface area is 129 Å². The van der Waals surface area contributed by atoms with E-state index >= 15 is 0 Å². The number of hydrogen-bond donors (Lipinski definition) is 1. The number of fused-ring (bicyclic) bond motifs is 1. The van der Waals surface area contributed by atoms with Crippen LogP contribution in [0.3, 0.4) is 0 Å². The maximum atomic E-state index is 12.1. The Kier molecular flexibility index (Phi) is 4.34. The minimum absolute atomic E-state index is 0.151. The number of hydrogen-bond acceptors (Lipinski definition) is 3. The Morgan fingerprint density at radius 1 is 1.43 bits per heavy atom. The van der Waals surface area contributed by atoms with Gasteiger partial charge in [-0.05, 0) is 31.4 Å². The topological polar surface area (TPSA) is 42.0 Å². The summed E-state index contributed by atoms with van der Waals surface area (Å²) in [5, 5.41) is 4.19. The monoisotopic (exact) mass is 300 g/mol. The average molecular weight is 300 g/mol. The van der Waals surface area contributed by atoms with Crippen LogP contribution in [0.4, 0.5) is 0 Å². The fourth-order valence-electron chi connectivity index (χ4n) is 2.62. The summed E-state index contributed by atoms with van der Waals surface area (Å²) < 4.78 is 1.21. The molecule has 1 aromatic heterocycles. The number of amides is 1. The van der Waals surface area contributed by atoms with Crippen LogP contribution in [0.15, 0.2) is 36.4 Å². The Morgan fingerprint density at radius 2 is 2.29 bits per heavy atom.